The van der Waals surface area contributed by atoms with Crippen LogP contribution < -0.4 is 15.4 Å². The van der Waals surface area contributed by atoms with Crippen LogP contribution in [0.25, 0.3) is 0 Å². The van der Waals surface area contributed by atoms with Crippen molar-refractivity contribution in [2.75, 3.05) is 30.8 Å². The summed E-state index contributed by atoms with van der Waals surface area (Å²) in [7, 11) is 1.66. The van der Waals surface area contributed by atoms with Crippen molar-refractivity contribution in [3.63, 3.8) is 0 Å². The van der Waals surface area contributed by atoms with E-state index in [2.05, 4.69) is 33.6 Å². The number of piperidine rings is 1. The van der Waals surface area contributed by atoms with E-state index in [1.165, 1.54) is 18.5 Å². The number of rotatable bonds is 4. The van der Waals surface area contributed by atoms with Crippen LogP contribution in [0.1, 0.15) is 18.7 Å². The summed E-state index contributed by atoms with van der Waals surface area (Å²) in [4.78, 5) is 6.71. The first kappa shape index (κ1) is 14.8. The largest absolute Gasteiger partial charge is 0.495 e. The van der Waals surface area contributed by atoms with E-state index in [0.29, 0.717) is 5.69 Å². The standard InChI is InChI=1S/C17H24N4O/c1-13-19-7-10-21(13)12-14-5-8-20(9-6-14)15-3-4-16(18)17(11-15)22-2/h3-4,7,10-11,14H,5-6,8-9,12,18H2,1-2H3. The Balaban J connectivity index is 1.61. The Morgan fingerprint density at radius 1 is 1.32 bits per heavy atom. The molecule has 0 amide bonds. The molecule has 1 saturated heterocycles. The van der Waals surface area contributed by atoms with Crippen molar-refractivity contribution in [3.05, 3.63) is 36.4 Å². The Labute approximate surface area is 131 Å². The number of methoxy groups -OCH3 is 1. The van der Waals surface area contributed by atoms with Gasteiger partial charge in [-0.25, -0.2) is 4.98 Å². The molecule has 3 rings (SSSR count). The van der Waals surface area contributed by atoms with Crippen molar-refractivity contribution in [2.45, 2.75) is 26.3 Å². The molecule has 118 valence electrons. The Bertz CT molecular complexity index is 629. The Morgan fingerprint density at radius 3 is 2.73 bits per heavy atom. The lowest BCUT2D eigenvalue weighted by atomic mass is 9.96. The first-order valence-corrected chi connectivity index (χ1v) is 7.83. The van der Waals surface area contributed by atoms with Gasteiger partial charge in [-0.2, -0.15) is 0 Å². The molecule has 0 saturated carbocycles. The second-order valence-electron chi connectivity index (χ2n) is 5.98. The third kappa shape index (κ3) is 3.03. The SMILES string of the molecule is COc1cc(N2CCC(Cn3ccnc3C)CC2)ccc1N. The summed E-state index contributed by atoms with van der Waals surface area (Å²) in [6.45, 7) is 5.29. The quantitative estimate of drug-likeness (QED) is 0.882. The van der Waals surface area contributed by atoms with Gasteiger partial charge in [0.05, 0.1) is 12.8 Å². The molecule has 0 aliphatic carbocycles. The third-order valence-electron chi connectivity index (χ3n) is 4.58. The number of ether oxygens (including phenoxy) is 1. The molecular weight excluding hydrogens is 276 g/mol. The van der Waals surface area contributed by atoms with Crippen molar-refractivity contribution in [1.82, 2.24) is 9.55 Å². The molecule has 0 bridgehead atoms. The van der Waals surface area contributed by atoms with Crippen molar-refractivity contribution >= 4 is 11.4 Å². The second-order valence-corrected chi connectivity index (χ2v) is 5.98. The van der Waals surface area contributed by atoms with Crippen LogP contribution in [0.5, 0.6) is 5.75 Å². The number of nitrogens with zero attached hydrogens (tertiary/aromatic N) is 3. The van der Waals surface area contributed by atoms with Gasteiger partial charge in [-0.3, -0.25) is 0 Å². The van der Waals surface area contributed by atoms with Gasteiger partial charge in [0.1, 0.15) is 11.6 Å². The lowest BCUT2D eigenvalue weighted by molar-refractivity contribution is 0.354. The molecule has 0 radical (unpaired) electrons. The number of nitrogens with two attached hydrogens (primary N) is 1. The highest BCUT2D eigenvalue weighted by molar-refractivity contribution is 5.62. The molecule has 1 aliphatic heterocycles. The zero-order chi connectivity index (χ0) is 15.5. The summed E-state index contributed by atoms with van der Waals surface area (Å²) < 4.78 is 7.58. The van der Waals surface area contributed by atoms with Crippen LogP contribution in [-0.4, -0.2) is 29.8 Å². The fourth-order valence-corrected chi connectivity index (χ4v) is 3.15. The van der Waals surface area contributed by atoms with Gasteiger partial charge in [0, 0.05) is 43.8 Å². The maximum Gasteiger partial charge on any atom is 0.143 e. The predicted octanol–water partition coefficient (Wildman–Crippen LogP) is 2.70. The molecule has 1 aromatic heterocycles. The average Bonchev–Trinajstić information content (AvgIpc) is 2.94. The predicted molar refractivity (Wildman–Crippen MR) is 89.3 cm³/mol. The molecule has 0 unspecified atom stereocenters. The van der Waals surface area contributed by atoms with E-state index in [1.54, 1.807) is 7.11 Å². The topological polar surface area (TPSA) is 56.3 Å². The molecule has 5 heteroatoms. The van der Waals surface area contributed by atoms with Gasteiger partial charge in [0.25, 0.3) is 0 Å². The minimum absolute atomic E-state index is 0.691. The summed E-state index contributed by atoms with van der Waals surface area (Å²) in [5, 5.41) is 0. The number of aryl methyl sites for hydroxylation is 1. The van der Waals surface area contributed by atoms with E-state index in [0.717, 1.165) is 37.1 Å². The number of hydrogen-bond acceptors (Lipinski definition) is 4. The molecule has 2 N–H and O–H groups in total. The molecule has 0 spiro atoms. The summed E-state index contributed by atoms with van der Waals surface area (Å²) in [5.74, 6) is 2.58. The third-order valence-corrected chi connectivity index (χ3v) is 4.58. The number of benzene rings is 1. The lowest BCUT2D eigenvalue weighted by Gasteiger charge is -2.34. The molecule has 5 nitrogen and oxygen atoms in total. The smallest absolute Gasteiger partial charge is 0.143 e. The highest BCUT2D eigenvalue weighted by Gasteiger charge is 2.20. The summed E-state index contributed by atoms with van der Waals surface area (Å²) >= 11 is 0. The van der Waals surface area contributed by atoms with Crippen LogP contribution in [0.4, 0.5) is 11.4 Å². The van der Waals surface area contributed by atoms with E-state index in [1.807, 2.05) is 18.3 Å². The molecule has 22 heavy (non-hydrogen) atoms. The number of imidazole rings is 1. The Kier molecular flexibility index (Phi) is 4.22. The van der Waals surface area contributed by atoms with E-state index in [4.69, 9.17) is 10.5 Å². The van der Waals surface area contributed by atoms with Crippen molar-refractivity contribution in [1.29, 1.82) is 0 Å². The molecule has 1 aromatic carbocycles. The van der Waals surface area contributed by atoms with Gasteiger partial charge < -0.3 is 19.9 Å². The first-order valence-electron chi connectivity index (χ1n) is 7.83. The number of nitrogen functional groups attached to an aromatic ring is 1. The highest BCUT2D eigenvalue weighted by Crippen LogP contribution is 2.30. The normalized spacial score (nSPS) is 16.0. The highest BCUT2D eigenvalue weighted by atomic mass is 16.5. The summed E-state index contributed by atoms with van der Waals surface area (Å²) in [5.41, 5.74) is 7.78. The minimum Gasteiger partial charge on any atom is -0.495 e. The Hall–Kier alpha value is -2.17. The summed E-state index contributed by atoms with van der Waals surface area (Å²) in [6, 6.07) is 6.04. The number of aromatic nitrogens is 2. The second kappa shape index (κ2) is 6.30. The van der Waals surface area contributed by atoms with Crippen LogP contribution in [0.15, 0.2) is 30.6 Å². The van der Waals surface area contributed by atoms with Crippen LogP contribution in [0.3, 0.4) is 0 Å². The maximum absolute atomic E-state index is 5.89. The Morgan fingerprint density at radius 2 is 2.09 bits per heavy atom. The van der Waals surface area contributed by atoms with Crippen molar-refractivity contribution in [3.8, 4) is 5.75 Å². The summed E-state index contributed by atoms with van der Waals surface area (Å²) in [6.07, 6.45) is 6.35. The lowest BCUT2D eigenvalue weighted by Crippen LogP contribution is -2.35. The van der Waals surface area contributed by atoms with Gasteiger partial charge in [0.15, 0.2) is 0 Å². The first-order chi connectivity index (χ1) is 10.7. The number of hydrogen-bond donors (Lipinski definition) is 1. The number of anilines is 2. The maximum atomic E-state index is 5.89. The van der Waals surface area contributed by atoms with Gasteiger partial charge >= 0.3 is 0 Å². The van der Waals surface area contributed by atoms with Gasteiger partial charge in [0.2, 0.25) is 0 Å². The van der Waals surface area contributed by atoms with E-state index in [-0.39, 0.29) is 0 Å². The van der Waals surface area contributed by atoms with Gasteiger partial charge in [-0.1, -0.05) is 0 Å². The van der Waals surface area contributed by atoms with E-state index >= 15 is 0 Å². The van der Waals surface area contributed by atoms with Crippen LogP contribution >= 0.6 is 0 Å². The van der Waals surface area contributed by atoms with E-state index < -0.39 is 0 Å². The van der Waals surface area contributed by atoms with Crippen molar-refractivity contribution < 1.29 is 4.74 Å². The minimum atomic E-state index is 0.691. The fraction of sp³-hybridized carbons (Fsp3) is 0.471. The molecule has 2 aromatic rings. The van der Waals surface area contributed by atoms with Crippen LogP contribution in [-0.2, 0) is 6.54 Å². The van der Waals surface area contributed by atoms with Gasteiger partial charge in [-0.15, -0.1) is 0 Å². The zero-order valence-electron chi connectivity index (χ0n) is 13.3. The average molecular weight is 300 g/mol. The fourth-order valence-electron chi connectivity index (χ4n) is 3.15. The molecule has 0 atom stereocenters. The van der Waals surface area contributed by atoms with E-state index in [9.17, 15) is 0 Å². The van der Waals surface area contributed by atoms with Gasteiger partial charge in [-0.05, 0) is 37.8 Å². The van der Waals surface area contributed by atoms with Crippen molar-refractivity contribution in [2.24, 2.45) is 5.92 Å². The van der Waals surface area contributed by atoms with Crippen LogP contribution in [0.2, 0.25) is 0 Å². The molecule has 1 fully saturated rings. The molecular formula is C17H24N4O. The molecule has 1 aliphatic rings. The zero-order valence-corrected chi connectivity index (χ0v) is 13.3. The molecule has 2 heterocycles. The van der Waals surface area contributed by atoms with Crippen LogP contribution in [0, 0.1) is 12.8 Å². The monoisotopic (exact) mass is 300 g/mol.